The number of piperazine rings is 1. The maximum atomic E-state index is 13.7. The highest BCUT2D eigenvalue weighted by atomic mass is 16.5. The van der Waals surface area contributed by atoms with Crippen LogP contribution in [0.1, 0.15) is 32.1 Å². The molecule has 3 amide bonds. The van der Waals surface area contributed by atoms with Gasteiger partial charge in [-0.1, -0.05) is 18.2 Å². The molecule has 10 heteroatoms. The zero-order valence-electron chi connectivity index (χ0n) is 21.1. The maximum Gasteiger partial charge on any atom is 0.409 e. The van der Waals surface area contributed by atoms with Gasteiger partial charge in [-0.2, -0.15) is 0 Å². The molecule has 0 saturated carbocycles. The number of carbonyl (C=O) groups excluding carboxylic acids is 3. The maximum absolute atomic E-state index is 13.7. The number of nitrogens with one attached hydrogen (secondary N) is 2. The third kappa shape index (κ3) is 5.92. The summed E-state index contributed by atoms with van der Waals surface area (Å²) < 4.78 is 5.11. The Bertz CT molecular complexity index is 886. The van der Waals surface area contributed by atoms with E-state index in [1.807, 2.05) is 23.1 Å². The standard InChI is InChI=1S/C26H39N5O5/c1-36-26(34)31-13-11-22(21(24(32)28-35)9-10-23(31)19-6-5-12-27-18-19)25(33)30-16-14-29(15-17-30)20-7-3-2-4-8-20/h2-4,7-8,19,21-23,27,35H,5-6,9-18H2,1H3,(H,28,32)/t19?,21-,22-,23?/m0/s1. The van der Waals surface area contributed by atoms with E-state index >= 15 is 0 Å². The van der Waals surface area contributed by atoms with E-state index in [1.54, 1.807) is 10.4 Å². The van der Waals surface area contributed by atoms with E-state index < -0.39 is 23.8 Å². The van der Waals surface area contributed by atoms with Crippen molar-refractivity contribution in [2.75, 3.05) is 57.8 Å². The van der Waals surface area contributed by atoms with Crippen molar-refractivity contribution in [3.8, 4) is 0 Å². The van der Waals surface area contributed by atoms with Crippen molar-refractivity contribution in [1.29, 1.82) is 0 Å². The van der Waals surface area contributed by atoms with Crippen LogP contribution in [0.4, 0.5) is 10.5 Å². The molecule has 1 aromatic rings. The number of benzene rings is 1. The lowest BCUT2D eigenvalue weighted by atomic mass is 9.78. The lowest BCUT2D eigenvalue weighted by Crippen LogP contribution is -2.55. The summed E-state index contributed by atoms with van der Waals surface area (Å²) in [5, 5.41) is 12.9. The summed E-state index contributed by atoms with van der Waals surface area (Å²) in [6.45, 7) is 4.66. The highest BCUT2D eigenvalue weighted by molar-refractivity contribution is 5.87. The number of carbonyl (C=O) groups is 3. The topological polar surface area (TPSA) is 114 Å². The van der Waals surface area contributed by atoms with Gasteiger partial charge in [0.1, 0.15) is 0 Å². The van der Waals surface area contributed by atoms with Gasteiger partial charge < -0.3 is 24.8 Å². The molecule has 1 aromatic carbocycles. The number of nitrogens with zero attached hydrogens (tertiary/aromatic N) is 3. The smallest absolute Gasteiger partial charge is 0.409 e. The fourth-order valence-corrected chi connectivity index (χ4v) is 6.14. The van der Waals surface area contributed by atoms with Crippen LogP contribution in [0.3, 0.4) is 0 Å². The number of anilines is 1. The first-order chi connectivity index (χ1) is 17.5. The first-order valence-corrected chi connectivity index (χ1v) is 13.1. The Balaban J connectivity index is 1.48. The van der Waals surface area contributed by atoms with Crippen molar-refractivity contribution in [3.63, 3.8) is 0 Å². The number of hydrogen-bond acceptors (Lipinski definition) is 7. The minimum Gasteiger partial charge on any atom is -0.453 e. The number of likely N-dealkylation sites (tertiary alicyclic amines) is 1. The number of methoxy groups -OCH3 is 1. The highest BCUT2D eigenvalue weighted by Crippen LogP contribution is 2.33. The van der Waals surface area contributed by atoms with E-state index in [1.165, 1.54) is 7.11 Å². The number of piperidine rings is 1. The number of rotatable bonds is 4. The van der Waals surface area contributed by atoms with Crippen LogP contribution in [0.25, 0.3) is 0 Å². The van der Waals surface area contributed by atoms with E-state index in [9.17, 15) is 19.6 Å². The highest BCUT2D eigenvalue weighted by Gasteiger charge is 2.42. The van der Waals surface area contributed by atoms with Crippen molar-refractivity contribution < 1.29 is 24.3 Å². The molecule has 0 bridgehead atoms. The third-order valence-corrected chi connectivity index (χ3v) is 8.11. The van der Waals surface area contributed by atoms with Gasteiger partial charge in [0.05, 0.1) is 18.9 Å². The van der Waals surface area contributed by atoms with E-state index in [0.29, 0.717) is 52.0 Å². The molecular formula is C26H39N5O5. The molecule has 0 aliphatic carbocycles. The van der Waals surface area contributed by atoms with Gasteiger partial charge in [-0.05, 0) is 63.2 Å². The van der Waals surface area contributed by atoms with Crippen LogP contribution in [-0.2, 0) is 14.3 Å². The van der Waals surface area contributed by atoms with Crippen molar-refractivity contribution >= 4 is 23.6 Å². The summed E-state index contributed by atoms with van der Waals surface area (Å²) in [5.74, 6) is -1.61. The molecule has 36 heavy (non-hydrogen) atoms. The number of amides is 3. The molecule has 0 radical (unpaired) electrons. The van der Waals surface area contributed by atoms with Crippen molar-refractivity contribution in [3.05, 3.63) is 30.3 Å². The second-order valence-corrected chi connectivity index (χ2v) is 10.0. The van der Waals surface area contributed by atoms with Crippen LogP contribution in [0.2, 0.25) is 0 Å². The predicted octanol–water partition coefficient (Wildman–Crippen LogP) is 1.69. The average Bonchev–Trinajstić information content (AvgIpc) is 2.93. The van der Waals surface area contributed by atoms with Crippen LogP contribution in [0, 0.1) is 17.8 Å². The number of hydrogen-bond donors (Lipinski definition) is 3. The molecule has 3 aliphatic rings. The lowest BCUT2D eigenvalue weighted by molar-refractivity contribution is -0.147. The summed E-state index contributed by atoms with van der Waals surface area (Å²) in [5.41, 5.74) is 2.93. The molecule has 10 nitrogen and oxygen atoms in total. The Hall–Kier alpha value is -2.85. The second-order valence-electron chi connectivity index (χ2n) is 10.0. The third-order valence-electron chi connectivity index (χ3n) is 8.11. The van der Waals surface area contributed by atoms with Crippen LogP contribution in [-0.4, -0.2) is 91.9 Å². The quantitative estimate of drug-likeness (QED) is 0.425. The van der Waals surface area contributed by atoms with Crippen molar-refractivity contribution in [2.24, 2.45) is 17.8 Å². The Labute approximate surface area is 212 Å². The van der Waals surface area contributed by atoms with Crippen LogP contribution >= 0.6 is 0 Å². The van der Waals surface area contributed by atoms with Gasteiger partial charge in [0.15, 0.2) is 0 Å². The largest absolute Gasteiger partial charge is 0.453 e. The number of hydroxylamine groups is 1. The van der Waals surface area contributed by atoms with Crippen molar-refractivity contribution in [2.45, 2.75) is 38.1 Å². The van der Waals surface area contributed by atoms with E-state index in [-0.39, 0.29) is 17.9 Å². The zero-order valence-corrected chi connectivity index (χ0v) is 21.1. The molecule has 198 valence electrons. The van der Waals surface area contributed by atoms with Gasteiger partial charge in [-0.3, -0.25) is 14.8 Å². The Morgan fingerprint density at radius 3 is 2.36 bits per heavy atom. The van der Waals surface area contributed by atoms with Gasteiger partial charge >= 0.3 is 6.09 Å². The number of ether oxygens (including phenoxy) is 1. The first kappa shape index (κ1) is 26.2. The lowest BCUT2D eigenvalue weighted by Gasteiger charge is -2.43. The minimum atomic E-state index is -0.645. The van der Waals surface area contributed by atoms with E-state index in [4.69, 9.17) is 4.74 Å². The van der Waals surface area contributed by atoms with E-state index in [0.717, 1.165) is 31.6 Å². The molecule has 4 atom stereocenters. The Morgan fingerprint density at radius 2 is 1.72 bits per heavy atom. The summed E-state index contributed by atoms with van der Waals surface area (Å²) in [6.07, 6.45) is 2.98. The van der Waals surface area contributed by atoms with Crippen LogP contribution in [0.15, 0.2) is 30.3 Å². The molecule has 3 fully saturated rings. The van der Waals surface area contributed by atoms with Gasteiger partial charge in [-0.15, -0.1) is 0 Å². The molecule has 0 spiro atoms. The SMILES string of the molecule is COC(=O)N1CC[C@H](C(=O)N2CCN(c3ccccc3)CC2)[C@@H](C(=O)NO)CCC1C1CCCNC1. The molecule has 3 heterocycles. The number of para-hydroxylation sites is 1. The first-order valence-electron chi connectivity index (χ1n) is 13.1. The molecular weight excluding hydrogens is 462 g/mol. The zero-order chi connectivity index (χ0) is 25.5. The van der Waals surface area contributed by atoms with Gasteiger partial charge in [0, 0.05) is 44.5 Å². The van der Waals surface area contributed by atoms with Crippen molar-refractivity contribution in [1.82, 2.24) is 20.6 Å². The Kier molecular flexibility index (Phi) is 9.03. The van der Waals surface area contributed by atoms with Gasteiger partial charge in [0.2, 0.25) is 11.8 Å². The predicted molar refractivity (Wildman–Crippen MR) is 134 cm³/mol. The molecule has 2 unspecified atom stereocenters. The van der Waals surface area contributed by atoms with Gasteiger partial charge in [-0.25, -0.2) is 10.3 Å². The Morgan fingerprint density at radius 1 is 0.972 bits per heavy atom. The molecule has 3 N–H and O–H groups in total. The van der Waals surface area contributed by atoms with Crippen LogP contribution in [0.5, 0.6) is 0 Å². The van der Waals surface area contributed by atoms with Crippen LogP contribution < -0.4 is 15.7 Å². The minimum absolute atomic E-state index is 0.0790. The molecule has 0 aromatic heterocycles. The summed E-state index contributed by atoms with van der Waals surface area (Å²) >= 11 is 0. The fourth-order valence-electron chi connectivity index (χ4n) is 6.14. The van der Waals surface area contributed by atoms with E-state index in [2.05, 4.69) is 22.3 Å². The summed E-state index contributed by atoms with van der Waals surface area (Å²) in [6, 6.07) is 10.0. The monoisotopic (exact) mass is 501 g/mol. The molecule has 4 rings (SSSR count). The molecule has 3 aliphatic heterocycles. The molecule has 3 saturated heterocycles. The van der Waals surface area contributed by atoms with Gasteiger partial charge in [0.25, 0.3) is 0 Å². The second kappa shape index (κ2) is 12.4. The summed E-state index contributed by atoms with van der Waals surface area (Å²) in [7, 11) is 1.38. The normalized spacial score (nSPS) is 27.6. The summed E-state index contributed by atoms with van der Waals surface area (Å²) in [4.78, 5) is 45.1. The fraction of sp³-hybridized carbons (Fsp3) is 0.654. The average molecular weight is 502 g/mol.